The Morgan fingerprint density at radius 2 is 1.58 bits per heavy atom. The lowest BCUT2D eigenvalue weighted by Crippen LogP contribution is -2.49. The number of aliphatic carboxylic acids is 1. The first-order valence-corrected chi connectivity index (χ1v) is 10.9. The van der Waals surface area contributed by atoms with Crippen LogP contribution >= 0.6 is 12.2 Å². The smallest absolute Gasteiger partial charge is 0.329 e. The second kappa shape index (κ2) is 14.2. The van der Waals surface area contributed by atoms with Gasteiger partial charge in [-0.05, 0) is 23.3 Å². The Morgan fingerprint density at radius 3 is 2.12 bits per heavy atom. The van der Waals surface area contributed by atoms with Gasteiger partial charge in [0, 0.05) is 33.7 Å². The van der Waals surface area contributed by atoms with E-state index in [2.05, 4.69) is 5.32 Å². The molecule has 2 aromatic carbocycles. The fourth-order valence-corrected chi connectivity index (χ4v) is 3.39. The molecule has 0 saturated heterocycles. The quantitative estimate of drug-likeness (QED) is 0.258. The van der Waals surface area contributed by atoms with E-state index < -0.39 is 30.7 Å². The molecule has 8 nitrogen and oxygen atoms in total. The van der Waals surface area contributed by atoms with Crippen LogP contribution in [0.2, 0.25) is 0 Å². The fraction of sp³-hybridized carbons (Fsp3) is 0.375. The van der Waals surface area contributed by atoms with Crippen molar-refractivity contribution in [3.63, 3.8) is 0 Å². The first-order valence-electron chi connectivity index (χ1n) is 10.5. The molecule has 2 aromatic rings. The minimum absolute atomic E-state index is 0.0430. The van der Waals surface area contributed by atoms with Gasteiger partial charge in [-0.25, -0.2) is 4.79 Å². The van der Waals surface area contributed by atoms with Crippen molar-refractivity contribution >= 4 is 29.3 Å². The maximum atomic E-state index is 12.7. The summed E-state index contributed by atoms with van der Waals surface area (Å²) in [6.07, 6.45) is -0.369. The largest absolute Gasteiger partial charge is 0.481 e. The predicted molar refractivity (Wildman–Crippen MR) is 127 cm³/mol. The molecule has 0 aliphatic carbocycles. The number of methoxy groups -OCH3 is 2. The number of carboxylic acids is 1. The van der Waals surface area contributed by atoms with Crippen LogP contribution in [0.5, 0.6) is 0 Å². The number of benzene rings is 2. The summed E-state index contributed by atoms with van der Waals surface area (Å²) in [6.45, 7) is 0.971. The van der Waals surface area contributed by atoms with Crippen molar-refractivity contribution in [2.75, 3.05) is 20.8 Å². The third kappa shape index (κ3) is 9.56. The predicted octanol–water partition coefficient (Wildman–Crippen LogP) is 2.96. The Morgan fingerprint density at radius 1 is 1.00 bits per heavy atom. The molecule has 2 rings (SSSR count). The highest BCUT2D eigenvalue weighted by Gasteiger charge is 2.26. The number of thiocarbonyl (C=S) groups is 1. The molecule has 0 fully saturated rings. The Hall–Kier alpha value is -3.01. The Balaban J connectivity index is 2.09. The van der Waals surface area contributed by atoms with Gasteiger partial charge in [-0.2, -0.15) is 0 Å². The number of carboxylic acid groups (broad SMARTS) is 1. The van der Waals surface area contributed by atoms with Crippen molar-refractivity contribution in [1.82, 2.24) is 10.2 Å². The van der Waals surface area contributed by atoms with Crippen LogP contribution in [0, 0.1) is 0 Å². The van der Waals surface area contributed by atoms with Gasteiger partial charge in [-0.3, -0.25) is 4.79 Å². The summed E-state index contributed by atoms with van der Waals surface area (Å²) < 4.78 is 15.9. The molecule has 0 spiro atoms. The molecule has 0 unspecified atom stereocenters. The molecular weight excluding hydrogens is 444 g/mol. The van der Waals surface area contributed by atoms with Gasteiger partial charge in [-0.15, -0.1) is 0 Å². The van der Waals surface area contributed by atoms with Crippen LogP contribution in [0.1, 0.15) is 24.0 Å². The van der Waals surface area contributed by atoms with E-state index >= 15 is 0 Å². The minimum atomic E-state index is -1.14. The SMILES string of the molecule is COC(CCN(Cc1ccccc1)C(=S)N[C@@H](CC(=O)O)C(=O)OCc1ccccc1)OC. The van der Waals surface area contributed by atoms with Crippen LogP contribution in [-0.4, -0.2) is 60.2 Å². The Labute approximate surface area is 199 Å². The van der Waals surface area contributed by atoms with Gasteiger partial charge in [0.15, 0.2) is 11.4 Å². The number of carbonyl (C=O) groups excluding carboxylic acids is 1. The lowest BCUT2D eigenvalue weighted by atomic mass is 10.2. The lowest BCUT2D eigenvalue weighted by Gasteiger charge is -2.29. The molecule has 178 valence electrons. The summed E-state index contributed by atoms with van der Waals surface area (Å²) in [6, 6.07) is 17.7. The van der Waals surface area contributed by atoms with Crippen molar-refractivity contribution in [1.29, 1.82) is 0 Å². The fourth-order valence-electron chi connectivity index (χ4n) is 3.09. The molecule has 33 heavy (non-hydrogen) atoms. The van der Waals surface area contributed by atoms with E-state index in [1.54, 1.807) is 14.2 Å². The number of rotatable bonds is 13. The molecule has 0 radical (unpaired) electrons. The molecule has 0 aromatic heterocycles. The zero-order valence-electron chi connectivity index (χ0n) is 18.8. The maximum Gasteiger partial charge on any atom is 0.329 e. The molecule has 0 heterocycles. The van der Waals surface area contributed by atoms with E-state index in [4.69, 9.17) is 26.4 Å². The van der Waals surface area contributed by atoms with Gasteiger partial charge in [0.25, 0.3) is 0 Å². The lowest BCUT2D eigenvalue weighted by molar-refractivity contribution is -0.151. The van der Waals surface area contributed by atoms with Gasteiger partial charge in [-0.1, -0.05) is 60.7 Å². The van der Waals surface area contributed by atoms with Gasteiger partial charge in [0.05, 0.1) is 6.42 Å². The van der Waals surface area contributed by atoms with Crippen molar-refractivity contribution in [3.8, 4) is 0 Å². The molecule has 2 N–H and O–H groups in total. The molecular formula is C24H30N2O6S. The average Bonchev–Trinajstić information content (AvgIpc) is 2.83. The van der Waals surface area contributed by atoms with E-state index in [0.717, 1.165) is 11.1 Å². The van der Waals surface area contributed by atoms with Crippen LogP contribution < -0.4 is 5.32 Å². The number of nitrogens with one attached hydrogen (secondary N) is 1. The van der Waals surface area contributed by atoms with Gasteiger partial charge >= 0.3 is 11.9 Å². The number of ether oxygens (including phenoxy) is 3. The van der Waals surface area contributed by atoms with E-state index in [1.807, 2.05) is 65.6 Å². The van der Waals surface area contributed by atoms with Crippen LogP contribution in [-0.2, 0) is 37.0 Å². The second-order valence-electron chi connectivity index (χ2n) is 7.29. The third-order valence-corrected chi connectivity index (χ3v) is 5.22. The molecule has 9 heteroatoms. The number of hydrogen-bond acceptors (Lipinski definition) is 6. The van der Waals surface area contributed by atoms with Crippen molar-refractivity contribution in [2.24, 2.45) is 0 Å². The van der Waals surface area contributed by atoms with Gasteiger partial charge in [0.2, 0.25) is 0 Å². The number of esters is 1. The minimum Gasteiger partial charge on any atom is -0.481 e. The molecule has 0 aliphatic rings. The van der Waals surface area contributed by atoms with Crippen LogP contribution in [0.25, 0.3) is 0 Å². The number of carbonyl (C=O) groups is 2. The van der Waals surface area contributed by atoms with Crippen LogP contribution in [0.3, 0.4) is 0 Å². The summed E-state index contributed by atoms with van der Waals surface area (Å²) in [7, 11) is 3.11. The zero-order valence-corrected chi connectivity index (χ0v) is 19.6. The van der Waals surface area contributed by atoms with E-state index in [9.17, 15) is 14.7 Å². The summed E-state index contributed by atoms with van der Waals surface area (Å²) in [4.78, 5) is 25.9. The normalized spacial score (nSPS) is 11.6. The van der Waals surface area contributed by atoms with Crippen molar-refractivity contribution < 1.29 is 28.9 Å². The van der Waals surface area contributed by atoms with Crippen molar-refractivity contribution in [2.45, 2.75) is 38.3 Å². The standard InChI is InChI=1S/C24H30N2O6S/c1-30-22(31-2)13-14-26(16-18-9-5-3-6-10-18)24(33)25-20(15-21(27)28)23(29)32-17-19-11-7-4-8-12-19/h3-12,20,22H,13-17H2,1-2H3,(H,25,33)(H,27,28)/t20-/m0/s1. The number of hydrogen-bond donors (Lipinski definition) is 2. The highest BCUT2D eigenvalue weighted by molar-refractivity contribution is 7.80. The first-order chi connectivity index (χ1) is 15.9. The van der Waals surface area contributed by atoms with E-state index in [-0.39, 0.29) is 11.7 Å². The topological polar surface area (TPSA) is 97.3 Å². The summed E-state index contributed by atoms with van der Waals surface area (Å²) >= 11 is 5.56. The molecule has 0 bridgehead atoms. The first kappa shape index (κ1) is 26.2. The highest BCUT2D eigenvalue weighted by Crippen LogP contribution is 2.10. The highest BCUT2D eigenvalue weighted by atomic mass is 32.1. The van der Waals surface area contributed by atoms with Gasteiger partial charge in [0.1, 0.15) is 12.6 Å². The van der Waals surface area contributed by atoms with Crippen LogP contribution in [0.15, 0.2) is 60.7 Å². The molecule has 0 amide bonds. The maximum absolute atomic E-state index is 12.7. The Bertz CT molecular complexity index is 877. The monoisotopic (exact) mass is 474 g/mol. The van der Waals surface area contributed by atoms with E-state index in [1.165, 1.54) is 0 Å². The molecule has 0 saturated carbocycles. The zero-order chi connectivity index (χ0) is 24.1. The molecule has 1 atom stereocenters. The summed E-state index contributed by atoms with van der Waals surface area (Å²) in [5, 5.41) is 12.4. The Kier molecular flexibility index (Phi) is 11.3. The van der Waals surface area contributed by atoms with Gasteiger partial charge < -0.3 is 29.5 Å². The third-order valence-electron chi connectivity index (χ3n) is 4.85. The molecule has 0 aliphatic heterocycles. The van der Waals surface area contributed by atoms with Crippen molar-refractivity contribution in [3.05, 3.63) is 71.8 Å². The van der Waals surface area contributed by atoms with E-state index in [0.29, 0.717) is 19.5 Å². The van der Waals surface area contributed by atoms with Crippen LogP contribution in [0.4, 0.5) is 0 Å². The summed E-state index contributed by atoms with van der Waals surface area (Å²) in [5.41, 5.74) is 1.81. The number of nitrogens with zero attached hydrogens (tertiary/aromatic N) is 1. The average molecular weight is 475 g/mol. The second-order valence-corrected chi connectivity index (χ2v) is 7.68. The summed E-state index contributed by atoms with van der Waals surface area (Å²) in [5.74, 6) is -1.82.